The Morgan fingerprint density at radius 3 is 2.41 bits per heavy atom. The van der Waals surface area contributed by atoms with E-state index in [9.17, 15) is 4.79 Å². The van der Waals surface area contributed by atoms with E-state index in [1.54, 1.807) is 6.07 Å². The van der Waals surface area contributed by atoms with Crippen LogP contribution >= 0.6 is 0 Å². The smallest absolute Gasteiger partial charge is 0.354 e. The highest BCUT2D eigenvalue weighted by Gasteiger charge is 2.20. The van der Waals surface area contributed by atoms with E-state index < -0.39 is 12.3 Å². The van der Waals surface area contributed by atoms with Gasteiger partial charge in [-0.2, -0.15) is 0 Å². The molecule has 116 valence electrons. The van der Waals surface area contributed by atoms with Gasteiger partial charge < -0.3 is 19.3 Å². The summed E-state index contributed by atoms with van der Waals surface area (Å²) < 4.78 is 16.0. The molecule has 1 aromatic carbocycles. The Balaban J connectivity index is 2.27. The zero-order chi connectivity index (χ0) is 15.9. The third-order valence-corrected chi connectivity index (χ3v) is 2.99. The summed E-state index contributed by atoms with van der Waals surface area (Å²) in [4.78, 5) is 15.1. The number of carboxylic acids is 1. The van der Waals surface area contributed by atoms with Crippen LogP contribution in [0.1, 0.15) is 28.0 Å². The van der Waals surface area contributed by atoms with Crippen LogP contribution in [0.2, 0.25) is 0 Å². The second kappa shape index (κ2) is 7.53. The lowest BCUT2D eigenvalue weighted by Gasteiger charge is -2.17. The van der Waals surface area contributed by atoms with E-state index >= 15 is 0 Å². The van der Waals surface area contributed by atoms with Gasteiger partial charge in [-0.05, 0) is 17.7 Å². The standard InChI is InChI=1S/C16H17NO5/c1-20-16(21-2)14-13(9-8-12(17-14)15(18)19)22-10-11-6-4-3-5-7-11/h3-9,16H,10H2,1-2H3,(H,18,19). The second-order valence-corrected chi connectivity index (χ2v) is 4.46. The van der Waals surface area contributed by atoms with Crippen LogP contribution in [-0.2, 0) is 16.1 Å². The summed E-state index contributed by atoms with van der Waals surface area (Å²) in [5.74, 6) is -0.704. The number of rotatable bonds is 7. The number of carboxylic acid groups (broad SMARTS) is 1. The predicted molar refractivity (Wildman–Crippen MR) is 78.7 cm³/mol. The first kappa shape index (κ1) is 15.9. The van der Waals surface area contributed by atoms with Crippen molar-refractivity contribution in [2.45, 2.75) is 12.9 Å². The quantitative estimate of drug-likeness (QED) is 0.792. The van der Waals surface area contributed by atoms with Gasteiger partial charge in [0.15, 0.2) is 0 Å². The van der Waals surface area contributed by atoms with Gasteiger partial charge in [-0.25, -0.2) is 9.78 Å². The molecule has 0 saturated carbocycles. The van der Waals surface area contributed by atoms with Gasteiger partial charge in [-0.1, -0.05) is 30.3 Å². The van der Waals surface area contributed by atoms with Gasteiger partial charge in [0.1, 0.15) is 23.7 Å². The molecule has 0 bridgehead atoms. The fourth-order valence-corrected chi connectivity index (χ4v) is 1.93. The Morgan fingerprint density at radius 2 is 1.82 bits per heavy atom. The number of benzene rings is 1. The molecule has 1 heterocycles. The maximum Gasteiger partial charge on any atom is 0.354 e. The van der Waals surface area contributed by atoms with Crippen molar-refractivity contribution in [2.75, 3.05) is 14.2 Å². The summed E-state index contributed by atoms with van der Waals surface area (Å²) in [5, 5.41) is 9.05. The first-order valence-electron chi connectivity index (χ1n) is 6.62. The molecule has 1 aromatic heterocycles. The van der Waals surface area contributed by atoms with E-state index in [0.717, 1.165) is 5.56 Å². The number of ether oxygens (including phenoxy) is 3. The maximum atomic E-state index is 11.1. The fourth-order valence-electron chi connectivity index (χ4n) is 1.93. The topological polar surface area (TPSA) is 77.9 Å². The number of aromatic carboxylic acids is 1. The molecule has 0 saturated heterocycles. The largest absolute Gasteiger partial charge is 0.487 e. The summed E-state index contributed by atoms with van der Waals surface area (Å²) in [6.45, 7) is 0.335. The number of hydrogen-bond donors (Lipinski definition) is 1. The molecular weight excluding hydrogens is 286 g/mol. The summed E-state index contributed by atoms with van der Waals surface area (Å²) in [6, 6.07) is 12.6. The van der Waals surface area contributed by atoms with Gasteiger partial charge in [0.05, 0.1) is 0 Å². The molecule has 22 heavy (non-hydrogen) atoms. The highest BCUT2D eigenvalue weighted by Crippen LogP contribution is 2.27. The van der Waals surface area contributed by atoms with E-state index in [2.05, 4.69) is 4.98 Å². The molecule has 0 unspecified atom stereocenters. The van der Waals surface area contributed by atoms with Crippen LogP contribution in [0.4, 0.5) is 0 Å². The molecule has 0 fully saturated rings. The SMILES string of the molecule is COC(OC)c1nc(C(=O)O)ccc1OCc1ccccc1. The summed E-state index contributed by atoms with van der Waals surface area (Å²) in [5.41, 5.74) is 1.18. The van der Waals surface area contributed by atoms with Crippen LogP contribution in [-0.4, -0.2) is 30.3 Å². The Morgan fingerprint density at radius 1 is 1.14 bits per heavy atom. The van der Waals surface area contributed by atoms with Crippen molar-refractivity contribution < 1.29 is 24.1 Å². The van der Waals surface area contributed by atoms with Crippen LogP contribution in [0.5, 0.6) is 5.75 Å². The Kier molecular flexibility index (Phi) is 5.46. The highest BCUT2D eigenvalue weighted by molar-refractivity contribution is 5.85. The molecule has 0 aliphatic carbocycles. The summed E-state index contributed by atoms with van der Waals surface area (Å²) in [7, 11) is 2.90. The van der Waals surface area contributed by atoms with Crippen molar-refractivity contribution in [2.24, 2.45) is 0 Å². The van der Waals surface area contributed by atoms with Crippen molar-refractivity contribution in [3.8, 4) is 5.75 Å². The third-order valence-electron chi connectivity index (χ3n) is 2.99. The van der Waals surface area contributed by atoms with E-state index in [4.69, 9.17) is 19.3 Å². The van der Waals surface area contributed by atoms with Gasteiger partial charge in [-0.15, -0.1) is 0 Å². The van der Waals surface area contributed by atoms with Gasteiger partial charge in [0.25, 0.3) is 0 Å². The summed E-state index contributed by atoms with van der Waals surface area (Å²) >= 11 is 0. The lowest BCUT2D eigenvalue weighted by atomic mass is 10.2. The number of carbonyl (C=O) groups is 1. The van der Waals surface area contributed by atoms with E-state index in [1.165, 1.54) is 20.3 Å². The minimum absolute atomic E-state index is 0.0961. The van der Waals surface area contributed by atoms with Crippen molar-refractivity contribution in [1.29, 1.82) is 0 Å². The molecule has 0 amide bonds. The maximum absolute atomic E-state index is 11.1. The van der Waals surface area contributed by atoms with Crippen LogP contribution in [0.3, 0.4) is 0 Å². The van der Waals surface area contributed by atoms with Gasteiger partial charge in [-0.3, -0.25) is 0 Å². The summed E-state index contributed by atoms with van der Waals surface area (Å²) in [6.07, 6.45) is -0.801. The molecule has 6 heteroatoms. The van der Waals surface area contributed by atoms with Crippen molar-refractivity contribution >= 4 is 5.97 Å². The molecular formula is C16H17NO5. The van der Waals surface area contributed by atoms with Crippen LogP contribution in [0.25, 0.3) is 0 Å². The van der Waals surface area contributed by atoms with Crippen molar-refractivity contribution in [1.82, 2.24) is 4.98 Å². The van der Waals surface area contributed by atoms with E-state index in [-0.39, 0.29) is 5.69 Å². The van der Waals surface area contributed by atoms with Gasteiger partial charge >= 0.3 is 5.97 Å². The lowest BCUT2D eigenvalue weighted by Crippen LogP contribution is -2.12. The van der Waals surface area contributed by atoms with Crippen LogP contribution in [0, 0.1) is 0 Å². The second-order valence-electron chi connectivity index (χ2n) is 4.46. The van der Waals surface area contributed by atoms with Crippen molar-refractivity contribution in [3.05, 3.63) is 59.4 Å². The molecule has 0 atom stereocenters. The minimum Gasteiger partial charge on any atom is -0.487 e. The van der Waals surface area contributed by atoms with Gasteiger partial charge in [0, 0.05) is 14.2 Å². The van der Waals surface area contributed by atoms with E-state index in [1.807, 2.05) is 30.3 Å². The molecule has 0 radical (unpaired) electrons. The number of aromatic nitrogens is 1. The lowest BCUT2D eigenvalue weighted by molar-refractivity contribution is -0.110. The zero-order valence-corrected chi connectivity index (χ0v) is 12.4. The normalized spacial score (nSPS) is 10.7. The molecule has 1 N–H and O–H groups in total. The Bertz CT molecular complexity index is 626. The molecule has 2 aromatic rings. The Hall–Kier alpha value is -2.44. The van der Waals surface area contributed by atoms with Crippen LogP contribution < -0.4 is 4.74 Å². The van der Waals surface area contributed by atoms with E-state index in [0.29, 0.717) is 18.1 Å². The molecule has 6 nitrogen and oxygen atoms in total. The van der Waals surface area contributed by atoms with Gasteiger partial charge in [0.2, 0.25) is 6.29 Å². The predicted octanol–water partition coefficient (Wildman–Crippen LogP) is 2.65. The number of nitrogens with zero attached hydrogens (tertiary/aromatic N) is 1. The molecule has 0 aliphatic rings. The first-order valence-corrected chi connectivity index (χ1v) is 6.62. The average Bonchev–Trinajstić information content (AvgIpc) is 2.55. The molecule has 0 aliphatic heterocycles. The Labute approximate surface area is 128 Å². The average molecular weight is 303 g/mol. The van der Waals surface area contributed by atoms with Crippen LogP contribution in [0.15, 0.2) is 42.5 Å². The molecule has 0 spiro atoms. The molecule has 2 rings (SSSR count). The van der Waals surface area contributed by atoms with Crippen molar-refractivity contribution in [3.63, 3.8) is 0 Å². The minimum atomic E-state index is -1.12. The first-order chi connectivity index (χ1) is 10.7. The number of methoxy groups -OCH3 is 2. The monoisotopic (exact) mass is 303 g/mol. The third kappa shape index (κ3) is 3.81. The number of pyridine rings is 1. The number of hydrogen-bond acceptors (Lipinski definition) is 5. The zero-order valence-electron chi connectivity index (χ0n) is 12.4. The fraction of sp³-hybridized carbons (Fsp3) is 0.250. The highest BCUT2D eigenvalue weighted by atomic mass is 16.7.